The number of ether oxygens (including phenoxy) is 2. The molecule has 1 fully saturated rings. The second-order valence-electron chi connectivity index (χ2n) is 6.29. The van der Waals surface area contributed by atoms with Crippen molar-refractivity contribution in [1.29, 1.82) is 0 Å². The summed E-state index contributed by atoms with van der Waals surface area (Å²) in [5.74, 6) is 0.458. The SMILES string of the molecule is COCC(NC(=O)C1CC1c1cccc(F)c1)c1ccc(OC)cc1. The Kier molecular flexibility index (Phi) is 5.34. The zero-order valence-corrected chi connectivity index (χ0v) is 14.4. The highest BCUT2D eigenvalue weighted by Crippen LogP contribution is 2.47. The summed E-state index contributed by atoms with van der Waals surface area (Å²) in [6.45, 7) is 0.384. The van der Waals surface area contributed by atoms with Crippen molar-refractivity contribution in [2.75, 3.05) is 20.8 Å². The molecule has 3 atom stereocenters. The minimum Gasteiger partial charge on any atom is -0.497 e. The molecule has 0 radical (unpaired) electrons. The molecule has 0 spiro atoms. The largest absolute Gasteiger partial charge is 0.497 e. The summed E-state index contributed by atoms with van der Waals surface area (Å²) in [5, 5.41) is 3.05. The normalized spacial score (nSPS) is 20.0. The van der Waals surface area contributed by atoms with Crippen molar-refractivity contribution < 1.29 is 18.7 Å². The summed E-state index contributed by atoms with van der Waals surface area (Å²) in [4.78, 5) is 12.6. The summed E-state index contributed by atoms with van der Waals surface area (Å²) in [6.07, 6.45) is 0.748. The Morgan fingerprint density at radius 1 is 1.24 bits per heavy atom. The van der Waals surface area contributed by atoms with E-state index in [1.807, 2.05) is 30.3 Å². The van der Waals surface area contributed by atoms with E-state index in [1.54, 1.807) is 20.3 Å². The summed E-state index contributed by atoms with van der Waals surface area (Å²) < 4.78 is 23.8. The van der Waals surface area contributed by atoms with E-state index in [9.17, 15) is 9.18 Å². The average Bonchev–Trinajstić information content (AvgIpc) is 3.42. The third-order valence-corrected chi connectivity index (χ3v) is 4.57. The van der Waals surface area contributed by atoms with Crippen LogP contribution in [0.1, 0.15) is 29.5 Å². The Morgan fingerprint density at radius 2 is 2.00 bits per heavy atom. The highest BCUT2D eigenvalue weighted by molar-refractivity contribution is 5.83. The van der Waals surface area contributed by atoms with Crippen molar-refractivity contribution >= 4 is 5.91 Å². The van der Waals surface area contributed by atoms with Gasteiger partial charge in [0, 0.05) is 13.0 Å². The molecule has 1 amide bonds. The Bertz CT molecular complexity index is 732. The molecular weight excluding hydrogens is 321 g/mol. The standard InChI is InChI=1S/C20H22FNO3/c1-24-12-19(13-6-8-16(25-2)9-7-13)22-20(23)18-11-17(18)14-4-3-5-15(21)10-14/h3-10,17-19H,11-12H2,1-2H3,(H,22,23). The predicted octanol–water partition coefficient (Wildman–Crippen LogP) is 3.44. The van der Waals surface area contributed by atoms with Crippen LogP contribution in [0.25, 0.3) is 0 Å². The second-order valence-corrected chi connectivity index (χ2v) is 6.29. The maximum atomic E-state index is 13.3. The molecule has 1 aliphatic rings. The van der Waals surface area contributed by atoms with E-state index in [0.717, 1.165) is 23.3 Å². The van der Waals surface area contributed by atoms with Crippen LogP contribution in [0.15, 0.2) is 48.5 Å². The van der Waals surface area contributed by atoms with Gasteiger partial charge >= 0.3 is 0 Å². The maximum absolute atomic E-state index is 13.3. The molecule has 1 saturated carbocycles. The first-order chi connectivity index (χ1) is 12.1. The van der Waals surface area contributed by atoms with E-state index in [-0.39, 0.29) is 29.6 Å². The van der Waals surface area contributed by atoms with Crippen molar-refractivity contribution in [3.05, 3.63) is 65.5 Å². The fourth-order valence-electron chi connectivity index (χ4n) is 3.09. The zero-order valence-electron chi connectivity index (χ0n) is 14.4. The van der Waals surface area contributed by atoms with Crippen LogP contribution >= 0.6 is 0 Å². The van der Waals surface area contributed by atoms with Gasteiger partial charge in [-0.25, -0.2) is 4.39 Å². The number of nitrogens with one attached hydrogen (secondary N) is 1. The van der Waals surface area contributed by atoms with Gasteiger partial charge in [-0.05, 0) is 47.7 Å². The quantitative estimate of drug-likeness (QED) is 0.838. The molecule has 3 unspecified atom stereocenters. The number of carbonyl (C=O) groups is 1. The van der Waals surface area contributed by atoms with Crippen LogP contribution in [-0.4, -0.2) is 26.7 Å². The fraction of sp³-hybridized carbons (Fsp3) is 0.350. The van der Waals surface area contributed by atoms with Gasteiger partial charge < -0.3 is 14.8 Å². The van der Waals surface area contributed by atoms with Crippen molar-refractivity contribution in [2.24, 2.45) is 5.92 Å². The topological polar surface area (TPSA) is 47.6 Å². The van der Waals surface area contributed by atoms with Crippen molar-refractivity contribution in [1.82, 2.24) is 5.32 Å². The lowest BCUT2D eigenvalue weighted by Gasteiger charge is -2.19. The summed E-state index contributed by atoms with van der Waals surface area (Å²) >= 11 is 0. The number of methoxy groups -OCH3 is 2. The van der Waals surface area contributed by atoms with Gasteiger partial charge in [-0.3, -0.25) is 4.79 Å². The molecule has 2 aromatic carbocycles. The molecule has 25 heavy (non-hydrogen) atoms. The Hall–Kier alpha value is -2.40. The first kappa shape index (κ1) is 17.4. The smallest absolute Gasteiger partial charge is 0.224 e. The Labute approximate surface area is 147 Å². The molecule has 0 aliphatic heterocycles. The Morgan fingerprint density at radius 3 is 2.64 bits per heavy atom. The van der Waals surface area contributed by atoms with Gasteiger partial charge in [-0.2, -0.15) is 0 Å². The van der Waals surface area contributed by atoms with E-state index < -0.39 is 0 Å². The molecule has 2 aromatic rings. The number of rotatable bonds is 7. The molecule has 5 heteroatoms. The third-order valence-electron chi connectivity index (χ3n) is 4.57. The van der Waals surface area contributed by atoms with Gasteiger partial charge in [0.1, 0.15) is 11.6 Å². The lowest BCUT2D eigenvalue weighted by atomic mass is 10.1. The Balaban J connectivity index is 1.65. The minimum atomic E-state index is -0.265. The zero-order chi connectivity index (χ0) is 17.8. The monoisotopic (exact) mass is 343 g/mol. The van der Waals surface area contributed by atoms with Crippen molar-refractivity contribution in [3.63, 3.8) is 0 Å². The highest BCUT2D eigenvalue weighted by Gasteiger charge is 2.44. The van der Waals surface area contributed by atoms with Crippen molar-refractivity contribution in [2.45, 2.75) is 18.4 Å². The van der Waals surface area contributed by atoms with Crippen LogP contribution in [-0.2, 0) is 9.53 Å². The van der Waals surface area contributed by atoms with Gasteiger partial charge in [0.15, 0.2) is 0 Å². The summed E-state index contributed by atoms with van der Waals surface area (Å²) in [7, 11) is 3.22. The first-order valence-corrected chi connectivity index (χ1v) is 8.31. The van der Waals surface area contributed by atoms with Crippen LogP contribution in [0.4, 0.5) is 4.39 Å². The number of hydrogen-bond donors (Lipinski definition) is 1. The third kappa shape index (κ3) is 4.17. The lowest BCUT2D eigenvalue weighted by Crippen LogP contribution is -2.32. The fourth-order valence-corrected chi connectivity index (χ4v) is 3.09. The van der Waals surface area contributed by atoms with Gasteiger partial charge in [0.05, 0.1) is 19.8 Å². The molecule has 132 valence electrons. The van der Waals surface area contributed by atoms with Crippen LogP contribution in [0.3, 0.4) is 0 Å². The van der Waals surface area contributed by atoms with Gasteiger partial charge in [-0.1, -0.05) is 24.3 Å². The van der Waals surface area contributed by atoms with E-state index in [4.69, 9.17) is 9.47 Å². The van der Waals surface area contributed by atoms with Crippen molar-refractivity contribution in [3.8, 4) is 5.75 Å². The van der Waals surface area contributed by atoms with Crippen LogP contribution in [0, 0.1) is 11.7 Å². The van der Waals surface area contributed by atoms with Gasteiger partial charge in [0.2, 0.25) is 5.91 Å². The molecular formula is C20H22FNO3. The molecule has 1 N–H and O–H groups in total. The van der Waals surface area contributed by atoms with Crippen LogP contribution < -0.4 is 10.1 Å². The molecule has 4 nitrogen and oxygen atoms in total. The van der Waals surface area contributed by atoms with Crippen LogP contribution in [0.2, 0.25) is 0 Å². The summed E-state index contributed by atoms with van der Waals surface area (Å²) in [5.41, 5.74) is 1.84. The van der Waals surface area contributed by atoms with Crippen LogP contribution in [0.5, 0.6) is 5.75 Å². The second kappa shape index (κ2) is 7.66. The molecule has 1 aliphatic carbocycles. The summed E-state index contributed by atoms with van der Waals surface area (Å²) in [6, 6.07) is 13.8. The number of halogens is 1. The highest BCUT2D eigenvalue weighted by atomic mass is 19.1. The van der Waals surface area contributed by atoms with E-state index >= 15 is 0 Å². The number of hydrogen-bond acceptors (Lipinski definition) is 3. The molecule has 0 aromatic heterocycles. The molecule has 3 rings (SSSR count). The molecule has 0 heterocycles. The molecule has 0 saturated heterocycles. The minimum absolute atomic E-state index is 0.0212. The lowest BCUT2D eigenvalue weighted by molar-refractivity contribution is -0.123. The maximum Gasteiger partial charge on any atom is 0.224 e. The van der Waals surface area contributed by atoms with Gasteiger partial charge in [0.25, 0.3) is 0 Å². The number of carbonyl (C=O) groups excluding carboxylic acids is 1. The van der Waals surface area contributed by atoms with E-state index in [1.165, 1.54) is 12.1 Å². The van der Waals surface area contributed by atoms with E-state index in [0.29, 0.717) is 6.61 Å². The van der Waals surface area contributed by atoms with Gasteiger partial charge in [-0.15, -0.1) is 0 Å². The molecule has 0 bridgehead atoms. The predicted molar refractivity (Wildman–Crippen MR) is 93.0 cm³/mol. The number of benzene rings is 2. The van der Waals surface area contributed by atoms with E-state index in [2.05, 4.69) is 5.32 Å². The average molecular weight is 343 g/mol. The first-order valence-electron chi connectivity index (χ1n) is 8.31. The number of amides is 1.